The molecule has 4 rings (SSSR count). The number of carbonyl (C=O) groups is 1. The van der Waals surface area contributed by atoms with Crippen LogP contribution in [0.25, 0.3) is 17.0 Å². The van der Waals surface area contributed by atoms with Crippen LogP contribution in [-0.2, 0) is 12.8 Å². The first kappa shape index (κ1) is 23.7. The van der Waals surface area contributed by atoms with Gasteiger partial charge in [-0.25, -0.2) is 4.79 Å². The first-order valence-corrected chi connectivity index (χ1v) is 12.4. The van der Waals surface area contributed by atoms with Crippen LogP contribution in [0, 0.1) is 0 Å². The van der Waals surface area contributed by atoms with Gasteiger partial charge in [0.2, 0.25) is 5.82 Å². The highest BCUT2D eigenvalue weighted by atomic mass is 16.5. The summed E-state index contributed by atoms with van der Waals surface area (Å²) in [5.74, 6) is 0.990. The number of nitrogens with zero attached hydrogens (tertiary/aromatic N) is 3. The maximum absolute atomic E-state index is 13.1. The van der Waals surface area contributed by atoms with E-state index in [-0.39, 0.29) is 12.1 Å². The summed E-state index contributed by atoms with van der Waals surface area (Å²) < 4.78 is 5.79. The smallest absolute Gasteiger partial charge is 0.322 e. The fourth-order valence-electron chi connectivity index (χ4n) is 4.38. The summed E-state index contributed by atoms with van der Waals surface area (Å²) >= 11 is 0. The van der Waals surface area contributed by atoms with Crippen molar-refractivity contribution in [1.82, 2.24) is 20.4 Å². The minimum absolute atomic E-state index is 0.0863. The Bertz CT molecular complexity index is 1150. The number of hydrogen-bond acceptors (Lipinski definition) is 4. The number of urea groups is 1. The molecule has 0 bridgehead atoms. The zero-order valence-corrected chi connectivity index (χ0v) is 20.6. The van der Waals surface area contributed by atoms with Crippen molar-refractivity contribution in [2.75, 3.05) is 6.54 Å². The Kier molecular flexibility index (Phi) is 7.46. The van der Waals surface area contributed by atoms with E-state index in [0.29, 0.717) is 18.3 Å². The van der Waals surface area contributed by atoms with Crippen molar-refractivity contribution in [3.05, 3.63) is 76.8 Å². The van der Waals surface area contributed by atoms with Crippen LogP contribution in [0.1, 0.15) is 75.6 Å². The Morgan fingerprint density at radius 2 is 1.59 bits per heavy atom. The maximum Gasteiger partial charge on any atom is 0.322 e. The van der Waals surface area contributed by atoms with Crippen LogP contribution in [0.15, 0.2) is 58.8 Å². The van der Waals surface area contributed by atoms with Crippen molar-refractivity contribution in [2.45, 2.75) is 65.8 Å². The van der Waals surface area contributed by atoms with Crippen LogP contribution in [0.5, 0.6) is 0 Å². The van der Waals surface area contributed by atoms with Crippen LogP contribution in [-0.4, -0.2) is 27.6 Å². The largest absolute Gasteiger partial charge is 0.334 e. The highest BCUT2D eigenvalue weighted by Crippen LogP contribution is 2.37. The van der Waals surface area contributed by atoms with Crippen LogP contribution >= 0.6 is 0 Å². The van der Waals surface area contributed by atoms with Crippen molar-refractivity contribution < 1.29 is 9.32 Å². The summed E-state index contributed by atoms with van der Waals surface area (Å²) in [6, 6.07) is 16.1. The number of nitrogens with one attached hydrogen (secondary N) is 1. The van der Waals surface area contributed by atoms with Gasteiger partial charge in [-0.3, -0.25) is 4.90 Å². The lowest BCUT2D eigenvalue weighted by Crippen LogP contribution is -2.46. The van der Waals surface area contributed by atoms with Crippen molar-refractivity contribution in [2.24, 2.45) is 0 Å². The third kappa shape index (κ3) is 4.91. The standard InChI is InChI=1S/C28H34N4O2/c1-5-8-9-18-32-19(4)24(25(29-28(32)33)22-14-10-20(6-2)11-15-22)27-30-26(31-34-27)23-16-12-21(7-3)13-17-23/h10-17,25H,5-9,18H2,1-4H3,(H,29,33). The monoisotopic (exact) mass is 458 g/mol. The molecule has 1 aromatic heterocycles. The number of unbranched alkanes of at least 4 members (excludes halogenated alkanes) is 2. The summed E-state index contributed by atoms with van der Waals surface area (Å²) in [6.07, 6.45) is 5.07. The van der Waals surface area contributed by atoms with E-state index < -0.39 is 0 Å². The lowest BCUT2D eigenvalue weighted by atomic mass is 9.93. The van der Waals surface area contributed by atoms with Crippen molar-refractivity contribution in [3.63, 3.8) is 0 Å². The quantitative estimate of drug-likeness (QED) is 0.369. The molecule has 1 unspecified atom stereocenters. The topological polar surface area (TPSA) is 71.3 Å². The molecule has 34 heavy (non-hydrogen) atoms. The van der Waals surface area contributed by atoms with E-state index in [0.717, 1.165) is 54.5 Å². The fourth-order valence-corrected chi connectivity index (χ4v) is 4.38. The molecule has 3 aromatic rings. The van der Waals surface area contributed by atoms with Gasteiger partial charge in [0.1, 0.15) is 0 Å². The van der Waals surface area contributed by atoms with Gasteiger partial charge in [-0.1, -0.05) is 87.3 Å². The van der Waals surface area contributed by atoms with Gasteiger partial charge in [0, 0.05) is 17.8 Å². The number of rotatable bonds is 9. The van der Waals surface area contributed by atoms with Gasteiger partial charge in [-0.15, -0.1) is 0 Å². The van der Waals surface area contributed by atoms with E-state index in [1.54, 1.807) is 0 Å². The maximum atomic E-state index is 13.1. The van der Waals surface area contributed by atoms with Crippen LogP contribution in [0.2, 0.25) is 0 Å². The summed E-state index contributed by atoms with van der Waals surface area (Å²) in [5.41, 5.74) is 6.14. The number of carbonyl (C=O) groups excluding carboxylic acids is 1. The first-order chi connectivity index (χ1) is 16.5. The third-order valence-electron chi connectivity index (χ3n) is 6.58. The van der Waals surface area contributed by atoms with Crippen molar-refractivity contribution in [1.29, 1.82) is 0 Å². The molecule has 0 spiro atoms. The molecule has 0 fully saturated rings. The molecule has 0 saturated heterocycles. The van der Waals surface area contributed by atoms with Gasteiger partial charge in [-0.2, -0.15) is 4.98 Å². The normalized spacial score (nSPS) is 16.2. The molecule has 2 aromatic carbocycles. The van der Waals surface area contributed by atoms with E-state index >= 15 is 0 Å². The SMILES string of the molecule is CCCCCN1C(=O)NC(c2ccc(CC)cc2)C(c2nc(-c3ccc(CC)cc3)no2)=C1C. The van der Waals surface area contributed by atoms with Crippen LogP contribution < -0.4 is 5.32 Å². The predicted molar refractivity (Wildman–Crippen MR) is 135 cm³/mol. The molecule has 0 radical (unpaired) electrons. The predicted octanol–water partition coefficient (Wildman–Crippen LogP) is 6.55. The minimum atomic E-state index is -0.350. The number of amides is 2. The van der Waals surface area contributed by atoms with E-state index in [1.165, 1.54) is 11.1 Å². The zero-order chi connectivity index (χ0) is 24.1. The second-order valence-electron chi connectivity index (χ2n) is 8.81. The van der Waals surface area contributed by atoms with E-state index in [9.17, 15) is 4.79 Å². The highest BCUT2D eigenvalue weighted by Gasteiger charge is 2.35. The van der Waals surface area contributed by atoms with Gasteiger partial charge in [0.15, 0.2) is 0 Å². The van der Waals surface area contributed by atoms with Crippen LogP contribution in [0.4, 0.5) is 4.79 Å². The molecule has 2 heterocycles. The Morgan fingerprint density at radius 1 is 0.941 bits per heavy atom. The second kappa shape index (κ2) is 10.7. The first-order valence-electron chi connectivity index (χ1n) is 12.4. The van der Waals surface area contributed by atoms with Crippen molar-refractivity contribution >= 4 is 11.6 Å². The minimum Gasteiger partial charge on any atom is -0.334 e. The molecule has 1 aliphatic rings. The molecule has 178 valence electrons. The number of aromatic nitrogens is 2. The summed E-state index contributed by atoms with van der Waals surface area (Å²) in [5, 5.41) is 7.47. The average Bonchev–Trinajstić information content (AvgIpc) is 3.35. The van der Waals surface area contributed by atoms with Crippen LogP contribution in [0.3, 0.4) is 0 Å². The number of hydrogen-bond donors (Lipinski definition) is 1. The molecular formula is C28H34N4O2. The van der Waals surface area contributed by atoms with E-state index in [2.05, 4.69) is 67.6 Å². The van der Waals surface area contributed by atoms with Gasteiger partial charge < -0.3 is 9.84 Å². The van der Waals surface area contributed by atoms with E-state index in [4.69, 9.17) is 9.51 Å². The number of aryl methyl sites for hydroxylation is 2. The molecule has 6 nitrogen and oxygen atoms in total. The zero-order valence-electron chi connectivity index (χ0n) is 20.6. The van der Waals surface area contributed by atoms with Crippen molar-refractivity contribution in [3.8, 4) is 11.4 Å². The lowest BCUT2D eigenvalue weighted by Gasteiger charge is -2.35. The summed E-state index contributed by atoms with van der Waals surface area (Å²) in [4.78, 5) is 19.7. The Balaban J connectivity index is 1.74. The van der Waals surface area contributed by atoms with Gasteiger partial charge in [0.25, 0.3) is 5.89 Å². The molecule has 2 amide bonds. The molecule has 1 atom stereocenters. The molecule has 1 aliphatic heterocycles. The molecule has 6 heteroatoms. The summed E-state index contributed by atoms with van der Waals surface area (Å²) in [7, 11) is 0. The molecule has 0 aliphatic carbocycles. The summed E-state index contributed by atoms with van der Waals surface area (Å²) in [6.45, 7) is 9.07. The van der Waals surface area contributed by atoms with Gasteiger partial charge in [-0.05, 0) is 42.9 Å². The molecular weight excluding hydrogens is 424 g/mol. The number of benzene rings is 2. The van der Waals surface area contributed by atoms with Gasteiger partial charge >= 0.3 is 6.03 Å². The Labute approximate surface area is 202 Å². The molecule has 1 N–H and O–H groups in total. The Morgan fingerprint density at radius 3 is 2.21 bits per heavy atom. The van der Waals surface area contributed by atoms with Gasteiger partial charge in [0.05, 0.1) is 11.6 Å². The Hall–Kier alpha value is -3.41. The highest BCUT2D eigenvalue weighted by molar-refractivity contribution is 5.86. The second-order valence-corrected chi connectivity index (χ2v) is 8.81. The third-order valence-corrected chi connectivity index (χ3v) is 6.58. The van der Waals surface area contributed by atoms with E-state index in [1.807, 2.05) is 24.0 Å². The number of allylic oxidation sites excluding steroid dienone is 1. The molecule has 0 saturated carbocycles. The fraction of sp³-hybridized carbons (Fsp3) is 0.393. The average molecular weight is 459 g/mol. The lowest BCUT2D eigenvalue weighted by molar-refractivity contribution is 0.204.